The van der Waals surface area contributed by atoms with Crippen molar-refractivity contribution in [2.45, 2.75) is 18.7 Å². The average Bonchev–Trinajstić information content (AvgIpc) is 2.75. The minimum atomic E-state index is -3.75. The number of anilines is 2. The highest BCUT2D eigenvalue weighted by molar-refractivity contribution is 7.92. The van der Waals surface area contributed by atoms with Gasteiger partial charge in [-0.25, -0.2) is 8.42 Å². The lowest BCUT2D eigenvalue weighted by atomic mass is 10.1. The number of nitrogens with zero attached hydrogens (tertiary/aromatic N) is 2. The van der Waals surface area contributed by atoms with Crippen LogP contribution in [0, 0.1) is 24.0 Å². The molecule has 0 aliphatic heterocycles. The largest absolute Gasteiger partial charge is 0.321 e. The molecule has 31 heavy (non-hydrogen) atoms. The number of carbonyl (C=O) groups is 1. The summed E-state index contributed by atoms with van der Waals surface area (Å²) in [6, 6.07) is 17.2. The summed E-state index contributed by atoms with van der Waals surface area (Å²) < 4.78 is 26.9. The van der Waals surface area contributed by atoms with Crippen LogP contribution in [-0.2, 0) is 10.0 Å². The van der Waals surface area contributed by atoms with Gasteiger partial charge in [-0.2, -0.15) is 0 Å². The maximum Gasteiger partial charge on any atom is 0.274 e. The van der Waals surface area contributed by atoms with Crippen LogP contribution in [0.2, 0.25) is 0 Å². The van der Waals surface area contributed by atoms with Crippen molar-refractivity contribution >= 4 is 33.0 Å². The Labute approximate surface area is 180 Å². The van der Waals surface area contributed by atoms with Gasteiger partial charge in [-0.15, -0.1) is 0 Å². The third-order valence-electron chi connectivity index (χ3n) is 4.95. The van der Waals surface area contributed by atoms with E-state index in [1.54, 1.807) is 50.2 Å². The number of aryl methyl sites for hydroxylation is 1. The number of sulfonamides is 1. The fourth-order valence-corrected chi connectivity index (χ4v) is 4.46. The molecule has 3 aromatic rings. The van der Waals surface area contributed by atoms with Gasteiger partial charge in [-0.05, 0) is 55.8 Å². The smallest absolute Gasteiger partial charge is 0.274 e. The molecular weight excluding hydrogens is 418 g/mol. The van der Waals surface area contributed by atoms with Gasteiger partial charge in [0.05, 0.1) is 26.8 Å². The number of carbonyl (C=O) groups excluding carboxylic acids is 1. The van der Waals surface area contributed by atoms with Crippen molar-refractivity contribution < 1.29 is 18.1 Å². The summed E-state index contributed by atoms with van der Waals surface area (Å²) in [5.74, 6) is -0.452. The maximum absolute atomic E-state index is 12.9. The van der Waals surface area contributed by atoms with Crippen molar-refractivity contribution in [1.29, 1.82) is 0 Å². The lowest BCUT2D eigenvalue weighted by Gasteiger charge is -2.22. The van der Waals surface area contributed by atoms with E-state index >= 15 is 0 Å². The molecule has 1 amide bonds. The summed E-state index contributed by atoms with van der Waals surface area (Å²) in [4.78, 5) is 23.4. The van der Waals surface area contributed by atoms with Gasteiger partial charge in [-0.3, -0.25) is 19.2 Å². The van der Waals surface area contributed by atoms with E-state index in [2.05, 4.69) is 5.32 Å². The number of hydrogen-bond acceptors (Lipinski definition) is 5. The molecule has 0 aliphatic carbocycles. The molecule has 0 unspecified atom stereocenters. The van der Waals surface area contributed by atoms with Crippen LogP contribution >= 0.6 is 0 Å². The van der Waals surface area contributed by atoms with Crippen molar-refractivity contribution in [2.75, 3.05) is 16.7 Å². The number of amides is 1. The van der Waals surface area contributed by atoms with Crippen LogP contribution in [0.1, 0.15) is 21.5 Å². The lowest BCUT2D eigenvalue weighted by Crippen LogP contribution is -2.27. The van der Waals surface area contributed by atoms with Crippen LogP contribution in [0.3, 0.4) is 0 Å². The molecule has 0 radical (unpaired) electrons. The third kappa shape index (κ3) is 4.41. The highest BCUT2D eigenvalue weighted by Gasteiger charge is 2.23. The molecule has 0 atom stereocenters. The molecule has 3 rings (SSSR count). The minimum absolute atomic E-state index is 0.0860. The van der Waals surface area contributed by atoms with Crippen molar-refractivity contribution in [3.8, 4) is 0 Å². The van der Waals surface area contributed by atoms with E-state index in [1.165, 1.54) is 41.7 Å². The topological polar surface area (TPSA) is 110 Å². The summed E-state index contributed by atoms with van der Waals surface area (Å²) in [7, 11) is -2.29. The summed E-state index contributed by atoms with van der Waals surface area (Å²) in [5.41, 5.74) is 1.93. The zero-order chi connectivity index (χ0) is 22.8. The molecule has 0 aromatic heterocycles. The fourth-order valence-electron chi connectivity index (χ4n) is 3.18. The molecule has 0 bridgehead atoms. The normalized spacial score (nSPS) is 11.1. The third-order valence-corrected chi connectivity index (χ3v) is 6.74. The SMILES string of the molecule is Cc1cc(C(=O)Nc2cccc([N+](=O)[O-])c2C)ccc1N(C)S(=O)(=O)c1ccccc1. The van der Waals surface area contributed by atoms with E-state index in [1.807, 2.05) is 0 Å². The Morgan fingerprint density at radius 2 is 1.68 bits per heavy atom. The van der Waals surface area contributed by atoms with Crippen LogP contribution in [0.15, 0.2) is 71.6 Å². The Hall–Kier alpha value is -3.72. The van der Waals surface area contributed by atoms with Crippen LogP contribution < -0.4 is 9.62 Å². The van der Waals surface area contributed by atoms with Gasteiger partial charge in [0.1, 0.15) is 0 Å². The van der Waals surface area contributed by atoms with E-state index in [9.17, 15) is 23.3 Å². The molecule has 8 nitrogen and oxygen atoms in total. The van der Waals surface area contributed by atoms with E-state index in [4.69, 9.17) is 0 Å². The molecule has 0 saturated carbocycles. The van der Waals surface area contributed by atoms with Gasteiger partial charge in [0.15, 0.2) is 0 Å². The Morgan fingerprint density at radius 1 is 1.00 bits per heavy atom. The second-order valence-electron chi connectivity index (χ2n) is 6.95. The summed E-state index contributed by atoms with van der Waals surface area (Å²) >= 11 is 0. The first kappa shape index (κ1) is 22.0. The van der Waals surface area contributed by atoms with Gasteiger partial charge < -0.3 is 5.32 Å². The molecule has 160 valence electrons. The summed E-state index contributed by atoms with van der Waals surface area (Å²) in [6.45, 7) is 3.27. The minimum Gasteiger partial charge on any atom is -0.321 e. The summed E-state index contributed by atoms with van der Waals surface area (Å²) in [6.07, 6.45) is 0. The number of benzene rings is 3. The maximum atomic E-state index is 12.9. The van der Waals surface area contributed by atoms with Gasteiger partial charge in [0, 0.05) is 18.7 Å². The first-order valence-corrected chi connectivity index (χ1v) is 10.8. The van der Waals surface area contributed by atoms with Gasteiger partial charge in [-0.1, -0.05) is 24.3 Å². The first-order valence-electron chi connectivity index (χ1n) is 9.33. The highest BCUT2D eigenvalue weighted by atomic mass is 32.2. The second kappa shape index (κ2) is 8.57. The predicted molar refractivity (Wildman–Crippen MR) is 119 cm³/mol. The standard InChI is InChI=1S/C22H21N3O5S/c1-15-14-17(22(26)23-19-10-7-11-21(16(19)2)25(27)28)12-13-20(15)24(3)31(29,30)18-8-5-4-6-9-18/h4-14H,1-3H3,(H,23,26). The Morgan fingerprint density at radius 3 is 2.29 bits per heavy atom. The van der Waals surface area contributed by atoms with Crippen LogP contribution in [-0.4, -0.2) is 26.3 Å². The van der Waals surface area contributed by atoms with Crippen LogP contribution in [0.5, 0.6) is 0 Å². The number of hydrogen-bond donors (Lipinski definition) is 1. The number of nitro benzene ring substituents is 1. The number of nitrogens with one attached hydrogen (secondary N) is 1. The first-order chi connectivity index (χ1) is 14.6. The molecule has 0 saturated heterocycles. The van der Waals surface area contributed by atoms with Crippen LogP contribution in [0.25, 0.3) is 0 Å². The molecule has 0 spiro atoms. The molecule has 0 aliphatic rings. The molecule has 0 heterocycles. The zero-order valence-corrected chi connectivity index (χ0v) is 18.0. The number of nitro groups is 1. The fraction of sp³-hybridized carbons (Fsp3) is 0.136. The Balaban J connectivity index is 1.87. The van der Waals surface area contributed by atoms with E-state index in [0.29, 0.717) is 28.1 Å². The van der Waals surface area contributed by atoms with E-state index in [0.717, 1.165) is 0 Å². The molecule has 9 heteroatoms. The molecule has 1 N–H and O–H groups in total. The summed E-state index contributed by atoms with van der Waals surface area (Å²) in [5, 5.41) is 13.8. The monoisotopic (exact) mass is 439 g/mol. The lowest BCUT2D eigenvalue weighted by molar-refractivity contribution is -0.385. The molecule has 3 aromatic carbocycles. The van der Waals surface area contributed by atoms with Crippen LogP contribution in [0.4, 0.5) is 17.1 Å². The highest BCUT2D eigenvalue weighted by Crippen LogP contribution is 2.28. The van der Waals surface area contributed by atoms with Crippen molar-refractivity contribution in [3.05, 3.63) is 93.5 Å². The van der Waals surface area contributed by atoms with E-state index < -0.39 is 20.9 Å². The molecular formula is C22H21N3O5S. The average molecular weight is 439 g/mol. The number of rotatable bonds is 6. The van der Waals surface area contributed by atoms with Crippen molar-refractivity contribution in [1.82, 2.24) is 0 Å². The second-order valence-corrected chi connectivity index (χ2v) is 8.92. The Bertz CT molecular complexity index is 1260. The van der Waals surface area contributed by atoms with Crippen molar-refractivity contribution in [2.24, 2.45) is 0 Å². The van der Waals surface area contributed by atoms with Gasteiger partial charge in [0.25, 0.3) is 21.6 Å². The van der Waals surface area contributed by atoms with Gasteiger partial charge >= 0.3 is 0 Å². The zero-order valence-electron chi connectivity index (χ0n) is 17.2. The van der Waals surface area contributed by atoms with E-state index in [-0.39, 0.29) is 10.6 Å². The van der Waals surface area contributed by atoms with Crippen molar-refractivity contribution in [3.63, 3.8) is 0 Å². The predicted octanol–water partition coefficient (Wildman–Crippen LogP) is 4.29. The quantitative estimate of drug-likeness (QED) is 0.455. The Kier molecular flexibility index (Phi) is 6.07. The molecule has 0 fully saturated rings. The van der Waals surface area contributed by atoms with Gasteiger partial charge in [0.2, 0.25) is 0 Å².